The number of benzene rings is 1. The van der Waals surface area contributed by atoms with Crippen molar-refractivity contribution in [3.05, 3.63) is 30.6 Å². The van der Waals surface area contributed by atoms with E-state index >= 15 is 0 Å². The fraction of sp³-hybridized carbons (Fsp3) is 0.286. The number of nitrogens with zero attached hydrogens (tertiary/aromatic N) is 2. The molecule has 6 heteroatoms. The van der Waals surface area contributed by atoms with Gasteiger partial charge < -0.3 is 20.1 Å². The van der Waals surface area contributed by atoms with Crippen LogP contribution in [0, 0.1) is 0 Å². The monoisotopic (exact) mass is 274 g/mol. The van der Waals surface area contributed by atoms with Gasteiger partial charge in [0.15, 0.2) is 11.6 Å². The average Bonchev–Trinajstić information content (AvgIpc) is 2.48. The van der Waals surface area contributed by atoms with Gasteiger partial charge in [-0.2, -0.15) is 0 Å². The van der Waals surface area contributed by atoms with E-state index in [1.807, 2.05) is 31.2 Å². The number of anilines is 3. The zero-order chi connectivity index (χ0) is 14.4. The van der Waals surface area contributed by atoms with E-state index in [9.17, 15) is 0 Å². The summed E-state index contributed by atoms with van der Waals surface area (Å²) < 4.78 is 10.7. The number of nitrogens with one attached hydrogen (secondary N) is 2. The Labute approximate surface area is 118 Å². The lowest BCUT2D eigenvalue weighted by molar-refractivity contribution is 0.413. The smallest absolute Gasteiger partial charge is 0.204 e. The van der Waals surface area contributed by atoms with Crippen molar-refractivity contribution < 1.29 is 9.47 Å². The molecule has 106 valence electrons. The summed E-state index contributed by atoms with van der Waals surface area (Å²) in [5, 5.41) is 6.34. The molecule has 0 unspecified atom stereocenters. The van der Waals surface area contributed by atoms with E-state index in [4.69, 9.17) is 9.47 Å². The van der Waals surface area contributed by atoms with E-state index in [1.165, 1.54) is 6.33 Å². The van der Waals surface area contributed by atoms with E-state index in [0.29, 0.717) is 17.4 Å². The molecule has 2 N–H and O–H groups in total. The lowest BCUT2D eigenvalue weighted by Gasteiger charge is -2.15. The zero-order valence-corrected chi connectivity index (χ0v) is 11.8. The van der Waals surface area contributed by atoms with Crippen LogP contribution in [0.1, 0.15) is 6.92 Å². The highest BCUT2D eigenvalue weighted by atomic mass is 16.5. The zero-order valence-electron chi connectivity index (χ0n) is 11.8. The third-order valence-corrected chi connectivity index (χ3v) is 2.71. The molecule has 0 saturated heterocycles. The minimum absolute atomic E-state index is 0.570. The summed E-state index contributed by atoms with van der Waals surface area (Å²) in [7, 11) is 3.22. The molecule has 0 spiro atoms. The normalized spacial score (nSPS) is 9.95. The van der Waals surface area contributed by atoms with Gasteiger partial charge >= 0.3 is 0 Å². The summed E-state index contributed by atoms with van der Waals surface area (Å²) in [5.74, 6) is 2.55. The fourth-order valence-corrected chi connectivity index (χ4v) is 1.82. The first-order valence-corrected chi connectivity index (χ1v) is 6.33. The van der Waals surface area contributed by atoms with Gasteiger partial charge in [0, 0.05) is 6.54 Å². The van der Waals surface area contributed by atoms with Crippen LogP contribution in [0.2, 0.25) is 0 Å². The maximum atomic E-state index is 5.38. The lowest BCUT2D eigenvalue weighted by atomic mass is 10.3. The number of aromatic nitrogens is 2. The molecule has 0 bridgehead atoms. The molecule has 1 aromatic heterocycles. The molecular weight excluding hydrogens is 256 g/mol. The fourth-order valence-electron chi connectivity index (χ4n) is 1.82. The highest BCUT2D eigenvalue weighted by Crippen LogP contribution is 2.33. The van der Waals surface area contributed by atoms with Gasteiger partial charge in [-0.1, -0.05) is 12.1 Å². The Balaban J connectivity index is 2.35. The van der Waals surface area contributed by atoms with Gasteiger partial charge in [-0.15, -0.1) is 0 Å². The molecule has 0 fully saturated rings. The number of ether oxygens (including phenoxy) is 2. The van der Waals surface area contributed by atoms with Crippen LogP contribution in [0.25, 0.3) is 0 Å². The summed E-state index contributed by atoms with van der Waals surface area (Å²) in [4.78, 5) is 8.39. The molecule has 0 radical (unpaired) electrons. The molecule has 6 nitrogen and oxygen atoms in total. The van der Waals surface area contributed by atoms with E-state index in [2.05, 4.69) is 20.6 Å². The van der Waals surface area contributed by atoms with Crippen LogP contribution < -0.4 is 20.1 Å². The topological polar surface area (TPSA) is 68.3 Å². The van der Waals surface area contributed by atoms with E-state index in [1.54, 1.807) is 14.2 Å². The predicted molar refractivity (Wildman–Crippen MR) is 79.0 cm³/mol. The van der Waals surface area contributed by atoms with Gasteiger partial charge in [-0.25, -0.2) is 9.97 Å². The van der Waals surface area contributed by atoms with Gasteiger partial charge in [0.2, 0.25) is 5.75 Å². The van der Waals surface area contributed by atoms with Crippen LogP contribution in [-0.4, -0.2) is 30.7 Å². The Hall–Kier alpha value is -2.50. The van der Waals surface area contributed by atoms with Gasteiger partial charge in [0.1, 0.15) is 12.1 Å². The summed E-state index contributed by atoms with van der Waals surface area (Å²) in [6, 6.07) is 7.61. The van der Waals surface area contributed by atoms with Gasteiger partial charge in [0.25, 0.3) is 0 Å². The van der Waals surface area contributed by atoms with Crippen LogP contribution in [0.4, 0.5) is 17.3 Å². The van der Waals surface area contributed by atoms with Crippen LogP contribution in [0.5, 0.6) is 11.5 Å². The number of hydrogen-bond acceptors (Lipinski definition) is 6. The van der Waals surface area contributed by atoms with Gasteiger partial charge in [0.05, 0.1) is 19.9 Å². The second-order valence-corrected chi connectivity index (χ2v) is 3.96. The molecule has 2 aromatic rings. The second-order valence-electron chi connectivity index (χ2n) is 3.96. The first kappa shape index (κ1) is 13.9. The molecule has 0 amide bonds. The number of hydrogen-bond donors (Lipinski definition) is 2. The molecule has 0 saturated carbocycles. The van der Waals surface area contributed by atoms with Crippen molar-refractivity contribution in [3.8, 4) is 11.5 Å². The van der Waals surface area contributed by atoms with E-state index < -0.39 is 0 Å². The number of methoxy groups -OCH3 is 2. The van der Waals surface area contributed by atoms with Crippen molar-refractivity contribution in [3.63, 3.8) is 0 Å². The molecule has 20 heavy (non-hydrogen) atoms. The largest absolute Gasteiger partial charge is 0.495 e. The third kappa shape index (κ3) is 2.90. The summed E-state index contributed by atoms with van der Waals surface area (Å²) in [6.45, 7) is 2.75. The third-order valence-electron chi connectivity index (χ3n) is 2.71. The molecule has 1 aromatic carbocycles. The van der Waals surface area contributed by atoms with Crippen LogP contribution in [0.15, 0.2) is 30.6 Å². The first-order chi connectivity index (χ1) is 9.80. The predicted octanol–water partition coefficient (Wildman–Crippen LogP) is 2.67. The van der Waals surface area contributed by atoms with E-state index in [-0.39, 0.29) is 0 Å². The van der Waals surface area contributed by atoms with E-state index in [0.717, 1.165) is 18.0 Å². The van der Waals surface area contributed by atoms with Crippen molar-refractivity contribution in [2.45, 2.75) is 6.92 Å². The van der Waals surface area contributed by atoms with Crippen molar-refractivity contribution in [2.24, 2.45) is 0 Å². The quantitative estimate of drug-likeness (QED) is 0.844. The van der Waals surface area contributed by atoms with Crippen LogP contribution >= 0.6 is 0 Å². The van der Waals surface area contributed by atoms with Crippen molar-refractivity contribution >= 4 is 17.3 Å². The molecule has 2 rings (SSSR count). The Kier molecular flexibility index (Phi) is 4.60. The average molecular weight is 274 g/mol. The first-order valence-electron chi connectivity index (χ1n) is 6.33. The second kappa shape index (κ2) is 6.60. The minimum Gasteiger partial charge on any atom is -0.495 e. The van der Waals surface area contributed by atoms with Gasteiger partial charge in [-0.3, -0.25) is 0 Å². The maximum absolute atomic E-state index is 5.38. The standard InChI is InChI=1S/C14H18N4O2/c1-4-15-13-12(20-3)14(17-9-16-13)18-10-7-5-6-8-11(10)19-2/h5-9H,4H2,1-3H3,(H2,15,16,17,18). The van der Waals surface area contributed by atoms with Crippen LogP contribution in [0.3, 0.4) is 0 Å². The number of para-hydroxylation sites is 2. The van der Waals surface area contributed by atoms with Crippen molar-refractivity contribution in [1.29, 1.82) is 0 Å². The Morgan fingerprint density at radius 1 is 1.05 bits per heavy atom. The van der Waals surface area contributed by atoms with Crippen molar-refractivity contribution in [2.75, 3.05) is 31.4 Å². The summed E-state index contributed by atoms with van der Waals surface area (Å²) in [6.07, 6.45) is 1.48. The molecule has 0 aliphatic carbocycles. The molecule has 0 atom stereocenters. The number of rotatable bonds is 6. The van der Waals surface area contributed by atoms with Crippen LogP contribution in [-0.2, 0) is 0 Å². The maximum Gasteiger partial charge on any atom is 0.204 e. The Bertz CT molecular complexity index is 575. The minimum atomic E-state index is 0.570. The molecule has 0 aliphatic rings. The van der Waals surface area contributed by atoms with Crippen molar-refractivity contribution in [1.82, 2.24) is 9.97 Å². The summed E-state index contributed by atoms with van der Waals surface area (Å²) >= 11 is 0. The molecule has 0 aliphatic heterocycles. The molecule has 1 heterocycles. The molecular formula is C14H18N4O2. The Morgan fingerprint density at radius 2 is 1.80 bits per heavy atom. The Morgan fingerprint density at radius 3 is 2.50 bits per heavy atom. The van der Waals surface area contributed by atoms with Gasteiger partial charge in [-0.05, 0) is 19.1 Å². The lowest BCUT2D eigenvalue weighted by Crippen LogP contribution is -2.06. The SMILES string of the molecule is CCNc1ncnc(Nc2ccccc2OC)c1OC. The highest BCUT2D eigenvalue weighted by molar-refractivity contribution is 5.72. The highest BCUT2D eigenvalue weighted by Gasteiger charge is 2.13. The summed E-state index contributed by atoms with van der Waals surface area (Å²) in [5.41, 5.74) is 0.814.